The number of nitrogens with one attached hydrogen (secondary N) is 1. The highest BCUT2D eigenvalue weighted by molar-refractivity contribution is 5.79. The van der Waals surface area contributed by atoms with Gasteiger partial charge in [-0.1, -0.05) is 103 Å². The minimum Gasteiger partial charge on any atom is -0.497 e. The molecule has 4 heteroatoms. The molecule has 0 aliphatic carbocycles. The molecule has 0 aromatic heterocycles. The fourth-order valence-electron chi connectivity index (χ4n) is 4.10. The molecule has 0 heterocycles. The van der Waals surface area contributed by atoms with E-state index in [0.717, 1.165) is 24.3 Å². The van der Waals surface area contributed by atoms with Gasteiger partial charge in [-0.15, -0.1) is 0 Å². The molecule has 0 aliphatic heterocycles. The van der Waals surface area contributed by atoms with Crippen molar-refractivity contribution in [1.82, 2.24) is 0 Å². The Labute approximate surface area is 197 Å². The molecular weight excluding hydrogens is 398 g/mol. The van der Waals surface area contributed by atoms with Crippen molar-refractivity contribution in [1.29, 1.82) is 0 Å². The molecule has 1 aromatic rings. The highest BCUT2D eigenvalue weighted by Crippen LogP contribution is 2.19. The summed E-state index contributed by atoms with van der Waals surface area (Å²) in [5, 5.41) is 3.33. The number of carbonyl (C=O) groups is 1. The molecule has 1 N–H and O–H groups in total. The van der Waals surface area contributed by atoms with E-state index in [0.29, 0.717) is 6.61 Å². The second-order valence-corrected chi connectivity index (χ2v) is 8.92. The average Bonchev–Trinajstić information content (AvgIpc) is 2.81. The molecule has 1 rings (SSSR count). The molecular formula is C28H49NO3. The van der Waals surface area contributed by atoms with Gasteiger partial charge in [-0.2, -0.15) is 0 Å². The Kier molecular flexibility index (Phi) is 17.6. The van der Waals surface area contributed by atoms with E-state index in [1.165, 1.54) is 89.9 Å². The number of methoxy groups -OCH3 is 1. The first-order valence-electron chi connectivity index (χ1n) is 13.3. The lowest BCUT2D eigenvalue weighted by Crippen LogP contribution is -2.31. The first kappa shape index (κ1) is 28.3. The molecule has 0 saturated heterocycles. The summed E-state index contributed by atoms with van der Waals surface area (Å²) >= 11 is 0. The molecule has 0 bridgehead atoms. The molecule has 0 fully saturated rings. The monoisotopic (exact) mass is 447 g/mol. The summed E-state index contributed by atoms with van der Waals surface area (Å²) in [6.07, 6.45) is 21.0. The van der Waals surface area contributed by atoms with Crippen LogP contribution in [0.2, 0.25) is 0 Å². The first-order chi connectivity index (χ1) is 15.7. The maximum Gasteiger partial charge on any atom is 0.328 e. The number of unbranched alkanes of at least 4 members (excludes halogenated alkanes) is 14. The Morgan fingerprint density at radius 1 is 0.750 bits per heavy atom. The third-order valence-electron chi connectivity index (χ3n) is 6.10. The summed E-state index contributed by atoms with van der Waals surface area (Å²) < 4.78 is 10.5. The van der Waals surface area contributed by atoms with Gasteiger partial charge in [0.15, 0.2) is 0 Å². The Bertz CT molecular complexity index is 558. The molecule has 1 atom stereocenters. The predicted molar refractivity (Wildman–Crippen MR) is 137 cm³/mol. The van der Waals surface area contributed by atoms with Gasteiger partial charge in [-0.05, 0) is 37.6 Å². The number of esters is 1. The maximum absolute atomic E-state index is 12.3. The van der Waals surface area contributed by atoms with Gasteiger partial charge in [0.2, 0.25) is 0 Å². The predicted octanol–water partition coefficient (Wildman–Crippen LogP) is 8.30. The van der Waals surface area contributed by atoms with Gasteiger partial charge < -0.3 is 14.8 Å². The Hall–Kier alpha value is -1.71. The smallest absolute Gasteiger partial charge is 0.328 e. The van der Waals surface area contributed by atoms with E-state index >= 15 is 0 Å². The summed E-state index contributed by atoms with van der Waals surface area (Å²) in [6.45, 7) is 4.55. The van der Waals surface area contributed by atoms with Crippen LogP contribution >= 0.6 is 0 Å². The lowest BCUT2D eigenvalue weighted by atomic mass is 10.0. The number of rotatable bonds is 21. The van der Waals surface area contributed by atoms with Crippen molar-refractivity contribution in [3.8, 4) is 5.75 Å². The SMILES string of the molecule is CCCCCCCCCCCCCCCCCC(Nc1ccc(OC)cc1)C(=O)OCC. The minimum atomic E-state index is -0.287. The second-order valence-electron chi connectivity index (χ2n) is 8.92. The van der Waals surface area contributed by atoms with E-state index in [4.69, 9.17) is 9.47 Å². The van der Waals surface area contributed by atoms with Crippen LogP contribution in [0.25, 0.3) is 0 Å². The number of hydrogen-bond donors (Lipinski definition) is 1. The fraction of sp³-hybridized carbons (Fsp3) is 0.750. The standard InChI is InChI=1S/C28H49NO3/c1-4-6-7-8-9-10-11-12-13-14-15-16-17-18-19-20-27(28(30)32-5-2)29-25-21-23-26(31-3)24-22-25/h21-24,27,29H,4-20H2,1-3H3. The third kappa shape index (κ3) is 14.4. The van der Waals surface area contributed by atoms with Crippen LogP contribution < -0.4 is 10.1 Å². The van der Waals surface area contributed by atoms with E-state index in [2.05, 4.69) is 12.2 Å². The minimum absolute atomic E-state index is 0.159. The van der Waals surface area contributed by atoms with Crippen LogP contribution in [-0.2, 0) is 9.53 Å². The number of benzene rings is 1. The van der Waals surface area contributed by atoms with Crippen molar-refractivity contribution in [2.75, 3.05) is 19.0 Å². The zero-order valence-electron chi connectivity index (χ0n) is 21.1. The van der Waals surface area contributed by atoms with Crippen molar-refractivity contribution in [2.24, 2.45) is 0 Å². The highest BCUT2D eigenvalue weighted by Gasteiger charge is 2.19. The van der Waals surface area contributed by atoms with Crippen molar-refractivity contribution in [2.45, 2.75) is 123 Å². The van der Waals surface area contributed by atoms with Gasteiger partial charge in [0.1, 0.15) is 11.8 Å². The quantitative estimate of drug-likeness (QED) is 0.152. The molecule has 0 radical (unpaired) electrons. The Morgan fingerprint density at radius 2 is 1.22 bits per heavy atom. The van der Waals surface area contributed by atoms with E-state index < -0.39 is 0 Å². The topological polar surface area (TPSA) is 47.6 Å². The van der Waals surface area contributed by atoms with Gasteiger partial charge in [0.25, 0.3) is 0 Å². The summed E-state index contributed by atoms with van der Waals surface area (Å²) in [7, 11) is 1.65. The molecule has 0 amide bonds. The van der Waals surface area contributed by atoms with E-state index in [-0.39, 0.29) is 12.0 Å². The van der Waals surface area contributed by atoms with E-state index in [1.54, 1.807) is 7.11 Å². The maximum atomic E-state index is 12.3. The molecule has 1 unspecified atom stereocenters. The summed E-state index contributed by atoms with van der Waals surface area (Å²) in [6, 6.07) is 7.40. The fourth-order valence-corrected chi connectivity index (χ4v) is 4.10. The number of anilines is 1. The van der Waals surface area contributed by atoms with Crippen molar-refractivity contribution < 1.29 is 14.3 Å². The molecule has 184 valence electrons. The molecule has 0 saturated carbocycles. The lowest BCUT2D eigenvalue weighted by molar-refractivity contribution is -0.144. The van der Waals surface area contributed by atoms with E-state index in [9.17, 15) is 4.79 Å². The Balaban J connectivity index is 2.08. The largest absolute Gasteiger partial charge is 0.497 e. The van der Waals surface area contributed by atoms with Gasteiger partial charge in [-0.3, -0.25) is 0 Å². The van der Waals surface area contributed by atoms with Crippen LogP contribution in [0.1, 0.15) is 117 Å². The van der Waals surface area contributed by atoms with Crippen LogP contribution in [-0.4, -0.2) is 25.7 Å². The lowest BCUT2D eigenvalue weighted by Gasteiger charge is -2.18. The van der Waals surface area contributed by atoms with Crippen molar-refractivity contribution >= 4 is 11.7 Å². The normalized spacial score (nSPS) is 11.8. The molecule has 0 spiro atoms. The van der Waals surface area contributed by atoms with Crippen molar-refractivity contribution in [3.63, 3.8) is 0 Å². The van der Waals surface area contributed by atoms with Crippen LogP contribution in [0.4, 0.5) is 5.69 Å². The second kappa shape index (κ2) is 19.9. The van der Waals surface area contributed by atoms with Crippen LogP contribution in [0.5, 0.6) is 5.75 Å². The highest BCUT2D eigenvalue weighted by atomic mass is 16.5. The first-order valence-corrected chi connectivity index (χ1v) is 13.3. The number of hydrogen-bond acceptors (Lipinski definition) is 4. The van der Waals surface area contributed by atoms with Crippen LogP contribution in [0.3, 0.4) is 0 Å². The molecule has 1 aromatic carbocycles. The van der Waals surface area contributed by atoms with Gasteiger partial charge in [0, 0.05) is 5.69 Å². The third-order valence-corrected chi connectivity index (χ3v) is 6.10. The van der Waals surface area contributed by atoms with Gasteiger partial charge >= 0.3 is 5.97 Å². The zero-order valence-corrected chi connectivity index (χ0v) is 21.1. The molecule has 32 heavy (non-hydrogen) atoms. The summed E-state index contributed by atoms with van der Waals surface area (Å²) in [4.78, 5) is 12.3. The zero-order chi connectivity index (χ0) is 23.3. The van der Waals surface area contributed by atoms with Gasteiger partial charge in [-0.25, -0.2) is 4.79 Å². The molecule has 4 nitrogen and oxygen atoms in total. The van der Waals surface area contributed by atoms with Crippen molar-refractivity contribution in [3.05, 3.63) is 24.3 Å². The summed E-state index contributed by atoms with van der Waals surface area (Å²) in [5.41, 5.74) is 0.921. The molecule has 0 aliphatic rings. The van der Waals surface area contributed by atoms with Crippen LogP contribution in [0.15, 0.2) is 24.3 Å². The van der Waals surface area contributed by atoms with Gasteiger partial charge in [0.05, 0.1) is 13.7 Å². The number of carbonyl (C=O) groups excluding carboxylic acids is 1. The number of ether oxygens (including phenoxy) is 2. The average molecular weight is 448 g/mol. The van der Waals surface area contributed by atoms with Crippen LogP contribution in [0, 0.1) is 0 Å². The van der Waals surface area contributed by atoms with E-state index in [1.807, 2.05) is 31.2 Å². The Morgan fingerprint density at radius 3 is 1.66 bits per heavy atom. The summed E-state index contributed by atoms with van der Waals surface area (Å²) in [5.74, 6) is 0.652.